The largest absolute Gasteiger partial charge is 0.494 e. The number of anilines is 1. The molecule has 2 aromatic carbocycles. The summed E-state index contributed by atoms with van der Waals surface area (Å²) in [6.07, 6.45) is 5.06. The Morgan fingerprint density at radius 3 is 2.30 bits per heavy atom. The second-order valence-corrected chi connectivity index (χ2v) is 11.9. The molecule has 1 unspecified atom stereocenters. The van der Waals surface area contributed by atoms with Crippen molar-refractivity contribution < 1.29 is 23.9 Å². The Bertz CT molecular complexity index is 1390. The van der Waals surface area contributed by atoms with E-state index < -0.39 is 29.4 Å². The molecule has 252 valence electrons. The lowest BCUT2D eigenvalue weighted by atomic mass is 9.97. The number of benzene rings is 2. The summed E-state index contributed by atoms with van der Waals surface area (Å²) >= 11 is 0. The first-order chi connectivity index (χ1) is 21.0. The minimum atomic E-state index is -1.20. The summed E-state index contributed by atoms with van der Waals surface area (Å²) in [6, 6.07) is 15.3. The lowest BCUT2D eigenvalue weighted by Crippen LogP contribution is -2.56. The fourth-order valence-corrected chi connectivity index (χ4v) is 4.91. The van der Waals surface area contributed by atoms with Crippen LogP contribution in [0.15, 0.2) is 67.1 Å². The Kier molecular flexibility index (Phi) is 15.0. The molecule has 4 N–H and O–H groups in total. The predicted molar refractivity (Wildman–Crippen MR) is 182 cm³/mol. The van der Waals surface area contributed by atoms with Crippen LogP contribution in [0.1, 0.15) is 57.7 Å². The first-order valence-electron chi connectivity index (χ1n) is 15.1. The van der Waals surface area contributed by atoms with Gasteiger partial charge in [-0.1, -0.05) is 49.4 Å². The number of hydrogen-bond acceptors (Lipinski definition) is 7. The third kappa shape index (κ3) is 10.7. The van der Waals surface area contributed by atoms with Crippen LogP contribution in [0.3, 0.4) is 0 Å². The highest BCUT2D eigenvalue weighted by atomic mass is 35.5. The Balaban J connectivity index is 0.00000368. The highest BCUT2D eigenvalue weighted by Gasteiger charge is 2.31. The molecule has 3 amide bonds. The molecule has 2 heterocycles. The number of hydrogen-bond donors (Lipinski definition) is 3. The minimum Gasteiger partial charge on any atom is -0.494 e. The summed E-state index contributed by atoms with van der Waals surface area (Å²) in [7, 11) is 0. The van der Waals surface area contributed by atoms with Crippen LogP contribution >= 0.6 is 24.8 Å². The van der Waals surface area contributed by atoms with Gasteiger partial charge in [0.05, 0.1) is 31.7 Å². The van der Waals surface area contributed by atoms with Gasteiger partial charge < -0.3 is 35.3 Å². The Morgan fingerprint density at radius 2 is 1.70 bits per heavy atom. The third-order valence-corrected chi connectivity index (χ3v) is 7.59. The van der Waals surface area contributed by atoms with Crippen LogP contribution in [-0.4, -0.2) is 70.1 Å². The van der Waals surface area contributed by atoms with Gasteiger partial charge in [0.1, 0.15) is 17.8 Å². The standard InChI is InChI=1S/C33H44N6O5.2ClH/c1-5-44-26-13-11-25(12-14-26)29(31(41)38-17-15-23(2)16-18-38)39-19-28(35-22-39)37-30(40)27(36-32(42)33(3,4)34)21-43-20-24-9-7-6-8-10-24;;/h6-14,19,22-23,27,29H,5,15-18,20-21,34H2,1-4H3,(H,36,42)(H,37,40);2*1H/t27-,29?;;/m1../s1. The Hall–Kier alpha value is -3.64. The SMILES string of the molecule is CCOc1ccc(C(C(=O)N2CCC(C)CC2)n2cnc(NC(=O)[C@@H](COCc3ccccc3)NC(=O)C(C)(C)N)c2)cc1.Cl.Cl. The van der Waals surface area contributed by atoms with Gasteiger partial charge in [-0.25, -0.2) is 4.98 Å². The summed E-state index contributed by atoms with van der Waals surface area (Å²) in [5, 5.41) is 5.46. The zero-order chi connectivity index (χ0) is 31.7. The first-order valence-corrected chi connectivity index (χ1v) is 15.1. The maximum Gasteiger partial charge on any atom is 0.250 e. The van der Waals surface area contributed by atoms with E-state index in [2.05, 4.69) is 22.5 Å². The predicted octanol–water partition coefficient (Wildman–Crippen LogP) is 4.35. The zero-order valence-corrected chi connectivity index (χ0v) is 28.4. The van der Waals surface area contributed by atoms with Gasteiger partial charge in [-0.3, -0.25) is 14.4 Å². The molecule has 0 radical (unpaired) electrons. The quantitative estimate of drug-likeness (QED) is 0.244. The molecule has 0 saturated carbocycles. The molecular weight excluding hydrogens is 631 g/mol. The van der Waals surface area contributed by atoms with Crippen LogP contribution in [0.2, 0.25) is 0 Å². The van der Waals surface area contributed by atoms with Gasteiger partial charge in [0.25, 0.3) is 5.91 Å². The molecular formula is C33H46Cl2N6O5. The van der Waals surface area contributed by atoms with E-state index in [4.69, 9.17) is 15.2 Å². The van der Waals surface area contributed by atoms with E-state index in [1.54, 1.807) is 24.6 Å². The number of imidazole rings is 1. The van der Waals surface area contributed by atoms with Crippen LogP contribution in [0.25, 0.3) is 0 Å². The van der Waals surface area contributed by atoms with Crippen LogP contribution in [0.4, 0.5) is 5.82 Å². The minimum absolute atomic E-state index is 0. The number of likely N-dealkylation sites (tertiary alicyclic amines) is 1. The van der Waals surface area contributed by atoms with Crippen LogP contribution < -0.4 is 21.1 Å². The highest BCUT2D eigenvalue weighted by molar-refractivity contribution is 5.98. The normalized spacial score (nSPS) is 14.7. The zero-order valence-electron chi connectivity index (χ0n) is 26.8. The van der Waals surface area contributed by atoms with Crippen molar-refractivity contribution >= 4 is 48.4 Å². The van der Waals surface area contributed by atoms with Crippen molar-refractivity contribution in [2.24, 2.45) is 11.7 Å². The summed E-state index contributed by atoms with van der Waals surface area (Å²) < 4.78 is 13.1. The highest BCUT2D eigenvalue weighted by Crippen LogP contribution is 2.27. The number of rotatable bonds is 13. The topological polar surface area (TPSA) is 141 Å². The molecule has 0 spiro atoms. The number of nitrogens with one attached hydrogen (secondary N) is 2. The van der Waals surface area contributed by atoms with Crippen LogP contribution in [0.5, 0.6) is 5.75 Å². The van der Waals surface area contributed by atoms with Crippen molar-refractivity contribution in [1.29, 1.82) is 0 Å². The van der Waals surface area contributed by atoms with Gasteiger partial charge in [-0.15, -0.1) is 24.8 Å². The number of aromatic nitrogens is 2. The Labute approximate surface area is 283 Å². The maximum atomic E-state index is 13.9. The van der Waals surface area contributed by atoms with Gasteiger partial charge in [-0.2, -0.15) is 0 Å². The fourth-order valence-electron chi connectivity index (χ4n) is 4.91. The van der Waals surface area contributed by atoms with Gasteiger partial charge in [0, 0.05) is 19.3 Å². The lowest BCUT2D eigenvalue weighted by Gasteiger charge is -2.33. The van der Waals surface area contributed by atoms with E-state index in [1.165, 1.54) is 6.33 Å². The number of nitrogens with two attached hydrogens (primary N) is 1. The molecule has 1 aliphatic heterocycles. The fraction of sp³-hybridized carbons (Fsp3) is 0.455. The average molecular weight is 678 g/mol. The number of piperidine rings is 1. The molecule has 3 aromatic rings. The second kappa shape index (κ2) is 17.9. The van der Waals surface area contributed by atoms with E-state index in [1.807, 2.05) is 66.4 Å². The number of nitrogens with zero attached hydrogens (tertiary/aromatic N) is 3. The van der Waals surface area contributed by atoms with E-state index in [0.29, 0.717) is 25.6 Å². The van der Waals surface area contributed by atoms with Crippen molar-refractivity contribution in [2.75, 3.05) is 31.6 Å². The molecule has 13 heteroatoms. The molecule has 1 fully saturated rings. The number of carbonyl (C=O) groups excluding carboxylic acids is 3. The monoisotopic (exact) mass is 676 g/mol. The van der Waals surface area contributed by atoms with E-state index in [9.17, 15) is 14.4 Å². The molecule has 4 rings (SSSR count). The third-order valence-electron chi connectivity index (χ3n) is 7.59. The molecule has 1 aromatic heterocycles. The number of ether oxygens (including phenoxy) is 2. The maximum absolute atomic E-state index is 13.9. The second-order valence-electron chi connectivity index (χ2n) is 11.9. The van der Waals surface area contributed by atoms with Crippen LogP contribution in [-0.2, 0) is 25.7 Å². The molecule has 46 heavy (non-hydrogen) atoms. The summed E-state index contributed by atoms with van der Waals surface area (Å²) in [4.78, 5) is 46.2. The summed E-state index contributed by atoms with van der Waals surface area (Å²) in [5.41, 5.74) is 6.48. The van der Waals surface area contributed by atoms with Crippen molar-refractivity contribution in [3.05, 3.63) is 78.2 Å². The van der Waals surface area contributed by atoms with E-state index in [-0.39, 0.29) is 49.8 Å². The van der Waals surface area contributed by atoms with Gasteiger partial charge >= 0.3 is 0 Å². The average Bonchev–Trinajstić information content (AvgIpc) is 3.45. The summed E-state index contributed by atoms with van der Waals surface area (Å²) in [5.74, 6) is 0.476. The van der Waals surface area contributed by atoms with E-state index in [0.717, 1.165) is 29.7 Å². The van der Waals surface area contributed by atoms with Crippen molar-refractivity contribution in [3.8, 4) is 5.75 Å². The summed E-state index contributed by atoms with van der Waals surface area (Å²) in [6.45, 7) is 9.34. The smallest absolute Gasteiger partial charge is 0.250 e. The lowest BCUT2D eigenvalue weighted by molar-refractivity contribution is -0.135. The van der Waals surface area contributed by atoms with Crippen molar-refractivity contribution in [2.45, 2.75) is 64.8 Å². The molecule has 0 bridgehead atoms. The van der Waals surface area contributed by atoms with Gasteiger partial charge in [0.15, 0.2) is 5.82 Å². The van der Waals surface area contributed by atoms with E-state index >= 15 is 0 Å². The number of halogens is 2. The molecule has 0 aliphatic carbocycles. The van der Waals surface area contributed by atoms with Crippen molar-refractivity contribution in [3.63, 3.8) is 0 Å². The molecule has 1 aliphatic rings. The van der Waals surface area contributed by atoms with Gasteiger partial charge in [-0.05, 0) is 62.8 Å². The molecule has 1 saturated heterocycles. The van der Waals surface area contributed by atoms with Crippen molar-refractivity contribution in [1.82, 2.24) is 19.8 Å². The van der Waals surface area contributed by atoms with Crippen LogP contribution in [0, 0.1) is 5.92 Å². The number of carbonyl (C=O) groups is 3. The molecule has 11 nitrogen and oxygen atoms in total. The number of amides is 3. The molecule has 2 atom stereocenters. The Morgan fingerprint density at radius 1 is 1.04 bits per heavy atom. The van der Waals surface area contributed by atoms with Gasteiger partial charge in [0.2, 0.25) is 11.8 Å². The first kappa shape index (κ1) is 38.5.